The van der Waals surface area contributed by atoms with Gasteiger partial charge >= 0.3 is 5.97 Å². The van der Waals surface area contributed by atoms with Crippen molar-refractivity contribution >= 4 is 17.5 Å². The van der Waals surface area contributed by atoms with Gasteiger partial charge in [-0.05, 0) is 51.3 Å². The van der Waals surface area contributed by atoms with Gasteiger partial charge in [-0.25, -0.2) is 0 Å². The molecule has 0 spiro atoms. The number of aliphatic imine (C=N–C) groups is 1. The maximum Gasteiger partial charge on any atom is 0.315 e. The highest BCUT2D eigenvalue weighted by atomic mass is 16.5. The Labute approximate surface area is 141 Å². The second kappa shape index (κ2) is 6.67. The van der Waals surface area contributed by atoms with E-state index in [4.69, 9.17) is 4.74 Å². The molecule has 2 heterocycles. The van der Waals surface area contributed by atoms with Gasteiger partial charge in [-0.2, -0.15) is 0 Å². The first-order valence-corrected chi connectivity index (χ1v) is 8.41. The van der Waals surface area contributed by atoms with Gasteiger partial charge in [0.25, 0.3) is 0 Å². The first-order chi connectivity index (χ1) is 11.5. The number of carbonyl (C=O) groups excluding carboxylic acids is 2. The summed E-state index contributed by atoms with van der Waals surface area (Å²) in [6, 6.07) is 3.73. The molecule has 0 N–H and O–H groups in total. The van der Waals surface area contributed by atoms with Gasteiger partial charge in [0.15, 0.2) is 5.78 Å². The monoisotopic (exact) mass is 326 g/mol. The highest BCUT2D eigenvalue weighted by molar-refractivity contribution is 6.08. The van der Waals surface area contributed by atoms with Crippen molar-refractivity contribution in [3.05, 3.63) is 41.4 Å². The van der Waals surface area contributed by atoms with Crippen LogP contribution in [0.5, 0.6) is 0 Å². The van der Waals surface area contributed by atoms with Crippen LogP contribution in [0.2, 0.25) is 0 Å². The number of pyridine rings is 1. The van der Waals surface area contributed by atoms with Gasteiger partial charge in [-0.15, -0.1) is 0 Å². The van der Waals surface area contributed by atoms with E-state index in [1.54, 1.807) is 12.4 Å². The highest BCUT2D eigenvalue weighted by Crippen LogP contribution is 2.43. The van der Waals surface area contributed by atoms with Crippen LogP contribution in [0, 0.1) is 5.92 Å². The Morgan fingerprint density at radius 3 is 2.62 bits per heavy atom. The zero-order valence-corrected chi connectivity index (χ0v) is 14.3. The number of hydrogen-bond donors (Lipinski definition) is 0. The first-order valence-electron chi connectivity index (χ1n) is 8.41. The van der Waals surface area contributed by atoms with Gasteiger partial charge in [-0.1, -0.05) is 0 Å². The number of aromatic nitrogens is 1. The van der Waals surface area contributed by atoms with E-state index in [2.05, 4.69) is 9.98 Å². The number of hydrogen-bond acceptors (Lipinski definition) is 5. The molecule has 5 heteroatoms. The lowest BCUT2D eigenvalue weighted by molar-refractivity contribution is -0.150. The Morgan fingerprint density at radius 1 is 1.25 bits per heavy atom. The second-order valence-corrected chi connectivity index (χ2v) is 6.61. The molecular formula is C19H22N2O3. The highest BCUT2D eigenvalue weighted by Gasteiger charge is 2.43. The van der Waals surface area contributed by atoms with Crippen molar-refractivity contribution in [3.8, 4) is 0 Å². The van der Waals surface area contributed by atoms with Crippen LogP contribution in [0.15, 0.2) is 40.8 Å². The lowest BCUT2D eigenvalue weighted by Gasteiger charge is -2.34. The van der Waals surface area contributed by atoms with Crippen LogP contribution in [0.1, 0.15) is 51.5 Å². The fourth-order valence-electron chi connectivity index (χ4n) is 3.55. The van der Waals surface area contributed by atoms with Gasteiger partial charge in [0.2, 0.25) is 0 Å². The van der Waals surface area contributed by atoms with Crippen molar-refractivity contribution in [2.75, 3.05) is 0 Å². The van der Waals surface area contributed by atoms with E-state index in [0.29, 0.717) is 12.0 Å². The van der Waals surface area contributed by atoms with Crippen molar-refractivity contribution in [2.24, 2.45) is 10.9 Å². The van der Waals surface area contributed by atoms with Crippen LogP contribution in [0.4, 0.5) is 0 Å². The number of nitrogens with zero attached hydrogens (tertiary/aromatic N) is 2. The third-order valence-electron chi connectivity index (χ3n) is 4.51. The SMILES string of the molecule is CC1=NC2=C(C(=O)CCC2)[C@@H](c2ccncc2)C1C(=O)OC(C)C. The molecule has 1 unspecified atom stereocenters. The van der Waals surface area contributed by atoms with E-state index in [1.165, 1.54) is 0 Å². The molecule has 5 nitrogen and oxygen atoms in total. The molecule has 0 radical (unpaired) electrons. The quantitative estimate of drug-likeness (QED) is 0.800. The summed E-state index contributed by atoms with van der Waals surface area (Å²) in [5, 5.41) is 0. The fraction of sp³-hybridized carbons (Fsp3) is 0.474. The van der Waals surface area contributed by atoms with Crippen LogP contribution in [-0.4, -0.2) is 28.6 Å². The summed E-state index contributed by atoms with van der Waals surface area (Å²) >= 11 is 0. The van der Waals surface area contributed by atoms with Crippen molar-refractivity contribution in [1.82, 2.24) is 4.98 Å². The van der Waals surface area contributed by atoms with Gasteiger partial charge in [0, 0.05) is 41.7 Å². The zero-order chi connectivity index (χ0) is 17.3. The number of ketones is 1. The summed E-state index contributed by atoms with van der Waals surface area (Å²) in [6.45, 7) is 5.50. The van der Waals surface area contributed by atoms with E-state index < -0.39 is 5.92 Å². The molecule has 2 aliphatic rings. The number of ether oxygens (including phenoxy) is 1. The molecule has 0 fully saturated rings. The summed E-state index contributed by atoms with van der Waals surface area (Å²) in [6.07, 6.45) is 5.29. The van der Waals surface area contributed by atoms with Gasteiger partial charge in [-0.3, -0.25) is 19.6 Å². The maximum absolute atomic E-state index is 12.7. The van der Waals surface area contributed by atoms with E-state index in [0.717, 1.165) is 29.8 Å². The third-order valence-corrected chi connectivity index (χ3v) is 4.51. The summed E-state index contributed by atoms with van der Waals surface area (Å²) < 4.78 is 5.46. The Bertz CT molecular complexity index is 719. The van der Waals surface area contributed by atoms with Crippen molar-refractivity contribution in [1.29, 1.82) is 0 Å². The van der Waals surface area contributed by atoms with Crippen LogP contribution < -0.4 is 0 Å². The molecular weight excluding hydrogens is 304 g/mol. The van der Waals surface area contributed by atoms with Gasteiger partial charge in [0.1, 0.15) is 5.92 Å². The van der Waals surface area contributed by atoms with E-state index in [9.17, 15) is 9.59 Å². The average molecular weight is 326 g/mol. The van der Waals surface area contributed by atoms with E-state index in [-0.39, 0.29) is 23.8 Å². The molecule has 2 atom stereocenters. The molecule has 24 heavy (non-hydrogen) atoms. The molecule has 0 amide bonds. The minimum Gasteiger partial charge on any atom is -0.462 e. The fourth-order valence-corrected chi connectivity index (χ4v) is 3.55. The standard InChI is InChI=1S/C19H22N2O3/c1-11(2)24-19(23)16-12(3)21-14-5-4-6-15(22)18(14)17(16)13-7-9-20-10-8-13/h7-11,16-17H,4-6H2,1-3H3/t16?,17-/m0/s1. The van der Waals surface area contributed by atoms with Crippen molar-refractivity contribution < 1.29 is 14.3 Å². The summed E-state index contributed by atoms with van der Waals surface area (Å²) in [5.74, 6) is -1.12. The minimum absolute atomic E-state index is 0.0941. The molecule has 126 valence electrons. The number of carbonyl (C=O) groups is 2. The van der Waals surface area contributed by atoms with Crippen LogP contribution in [0.25, 0.3) is 0 Å². The molecule has 3 rings (SSSR count). The molecule has 0 saturated heterocycles. The number of esters is 1. The molecule has 0 saturated carbocycles. The third kappa shape index (κ3) is 3.03. The van der Waals surface area contributed by atoms with Crippen molar-refractivity contribution in [2.45, 2.75) is 52.1 Å². The summed E-state index contributed by atoms with van der Waals surface area (Å²) in [7, 11) is 0. The number of rotatable bonds is 3. The lowest BCUT2D eigenvalue weighted by atomic mass is 9.72. The molecule has 0 aromatic carbocycles. The Morgan fingerprint density at radius 2 is 1.96 bits per heavy atom. The van der Waals surface area contributed by atoms with Crippen molar-refractivity contribution in [3.63, 3.8) is 0 Å². The molecule has 1 aliphatic carbocycles. The largest absolute Gasteiger partial charge is 0.462 e. The Kier molecular flexibility index (Phi) is 4.60. The topological polar surface area (TPSA) is 68.6 Å². The van der Waals surface area contributed by atoms with E-state index >= 15 is 0 Å². The zero-order valence-electron chi connectivity index (χ0n) is 14.3. The Balaban J connectivity index is 2.11. The van der Waals surface area contributed by atoms with Gasteiger partial charge < -0.3 is 4.74 Å². The predicted molar refractivity (Wildman–Crippen MR) is 90.7 cm³/mol. The number of allylic oxidation sites excluding steroid dienone is 2. The summed E-state index contributed by atoms with van der Waals surface area (Å²) in [4.78, 5) is 34.0. The van der Waals surface area contributed by atoms with Crippen LogP contribution >= 0.6 is 0 Å². The number of Topliss-reactive ketones (excluding diaryl/α,β-unsaturated/α-hetero) is 1. The molecule has 1 aromatic rings. The average Bonchev–Trinajstić information content (AvgIpc) is 2.53. The summed E-state index contributed by atoms with van der Waals surface area (Å²) in [5.41, 5.74) is 3.14. The molecule has 0 bridgehead atoms. The minimum atomic E-state index is -0.560. The molecule has 1 aliphatic heterocycles. The smallest absolute Gasteiger partial charge is 0.315 e. The van der Waals surface area contributed by atoms with Crippen LogP contribution in [-0.2, 0) is 14.3 Å². The van der Waals surface area contributed by atoms with Gasteiger partial charge in [0.05, 0.1) is 6.10 Å². The first kappa shape index (κ1) is 16.6. The lowest BCUT2D eigenvalue weighted by Crippen LogP contribution is -2.38. The Hall–Kier alpha value is -2.30. The second-order valence-electron chi connectivity index (χ2n) is 6.61. The normalized spacial score (nSPS) is 23.8. The maximum atomic E-state index is 12.7. The predicted octanol–water partition coefficient (Wildman–Crippen LogP) is 3.21. The van der Waals surface area contributed by atoms with Crippen LogP contribution in [0.3, 0.4) is 0 Å². The van der Waals surface area contributed by atoms with E-state index in [1.807, 2.05) is 32.9 Å². The molecule has 1 aromatic heterocycles.